The lowest BCUT2D eigenvalue weighted by Gasteiger charge is -2.24. The van der Waals surface area contributed by atoms with E-state index in [4.69, 9.17) is 0 Å². The third-order valence-electron chi connectivity index (χ3n) is 4.33. The van der Waals surface area contributed by atoms with Gasteiger partial charge in [-0.15, -0.1) is 0 Å². The van der Waals surface area contributed by atoms with Gasteiger partial charge in [-0.2, -0.15) is 0 Å². The van der Waals surface area contributed by atoms with Crippen molar-refractivity contribution in [2.75, 3.05) is 26.2 Å². The number of rotatable bonds is 9. The van der Waals surface area contributed by atoms with Crippen LogP contribution in [0.4, 0.5) is 0 Å². The standard InChI is InChI=1S/C17H36N2/c1-14(2)7-6-8-16(5)19-10-9-17(13-19)12-18-11-15(3)4/h14-18H,6-13H2,1-5H3. The average molecular weight is 268 g/mol. The minimum Gasteiger partial charge on any atom is -0.316 e. The summed E-state index contributed by atoms with van der Waals surface area (Å²) in [6, 6.07) is 0.786. The fraction of sp³-hybridized carbons (Fsp3) is 1.00. The molecule has 2 unspecified atom stereocenters. The first-order valence-electron chi connectivity index (χ1n) is 8.43. The van der Waals surface area contributed by atoms with Gasteiger partial charge in [0.25, 0.3) is 0 Å². The summed E-state index contributed by atoms with van der Waals surface area (Å²) >= 11 is 0. The van der Waals surface area contributed by atoms with E-state index < -0.39 is 0 Å². The van der Waals surface area contributed by atoms with Crippen LogP contribution in [0.3, 0.4) is 0 Å². The van der Waals surface area contributed by atoms with Crippen LogP contribution in [0.2, 0.25) is 0 Å². The Hall–Kier alpha value is -0.0800. The van der Waals surface area contributed by atoms with Crippen LogP contribution in [0.25, 0.3) is 0 Å². The van der Waals surface area contributed by atoms with Crippen LogP contribution < -0.4 is 5.32 Å². The predicted molar refractivity (Wildman–Crippen MR) is 85.5 cm³/mol. The van der Waals surface area contributed by atoms with Crippen LogP contribution in [-0.2, 0) is 0 Å². The molecule has 2 atom stereocenters. The maximum absolute atomic E-state index is 3.62. The highest BCUT2D eigenvalue weighted by molar-refractivity contribution is 4.80. The van der Waals surface area contributed by atoms with E-state index in [9.17, 15) is 0 Å². The summed E-state index contributed by atoms with van der Waals surface area (Å²) in [6.45, 7) is 16.7. The zero-order valence-electron chi connectivity index (χ0n) is 13.9. The molecule has 0 aromatic carbocycles. The van der Waals surface area contributed by atoms with Crippen molar-refractivity contribution in [1.82, 2.24) is 10.2 Å². The van der Waals surface area contributed by atoms with Crippen molar-refractivity contribution in [3.8, 4) is 0 Å². The van der Waals surface area contributed by atoms with Gasteiger partial charge in [-0.25, -0.2) is 0 Å². The number of hydrogen-bond donors (Lipinski definition) is 1. The van der Waals surface area contributed by atoms with Crippen molar-refractivity contribution in [2.45, 2.75) is 66.3 Å². The molecule has 0 aromatic heterocycles. The zero-order valence-corrected chi connectivity index (χ0v) is 13.9. The third kappa shape index (κ3) is 7.31. The highest BCUT2D eigenvalue weighted by Gasteiger charge is 2.25. The molecule has 2 heteroatoms. The SMILES string of the molecule is CC(C)CCCC(C)N1CCC(CNCC(C)C)C1. The van der Waals surface area contributed by atoms with Crippen molar-refractivity contribution in [3.63, 3.8) is 0 Å². The van der Waals surface area contributed by atoms with Gasteiger partial charge in [-0.3, -0.25) is 0 Å². The third-order valence-corrected chi connectivity index (χ3v) is 4.33. The van der Waals surface area contributed by atoms with E-state index >= 15 is 0 Å². The molecule has 1 saturated heterocycles. The molecule has 0 bridgehead atoms. The summed E-state index contributed by atoms with van der Waals surface area (Å²) in [5.74, 6) is 2.51. The predicted octanol–water partition coefficient (Wildman–Crippen LogP) is 3.77. The number of nitrogens with one attached hydrogen (secondary N) is 1. The molecular formula is C17H36N2. The van der Waals surface area contributed by atoms with Crippen LogP contribution in [0.1, 0.15) is 60.3 Å². The number of nitrogens with zero attached hydrogens (tertiary/aromatic N) is 1. The highest BCUT2D eigenvalue weighted by Crippen LogP contribution is 2.21. The van der Waals surface area contributed by atoms with Gasteiger partial charge < -0.3 is 10.2 Å². The normalized spacial score (nSPS) is 22.6. The molecule has 0 spiro atoms. The second-order valence-electron chi connectivity index (χ2n) is 7.38. The summed E-state index contributed by atoms with van der Waals surface area (Å²) in [4.78, 5) is 2.71. The Bertz CT molecular complexity index is 225. The summed E-state index contributed by atoms with van der Waals surface area (Å²) in [5, 5.41) is 3.62. The van der Waals surface area contributed by atoms with E-state index in [1.54, 1.807) is 0 Å². The lowest BCUT2D eigenvalue weighted by atomic mass is 10.0. The maximum Gasteiger partial charge on any atom is 0.00670 e. The lowest BCUT2D eigenvalue weighted by molar-refractivity contribution is 0.230. The van der Waals surface area contributed by atoms with Gasteiger partial charge in [0.1, 0.15) is 0 Å². The molecule has 2 nitrogen and oxygen atoms in total. The summed E-state index contributed by atoms with van der Waals surface area (Å²) in [6.07, 6.45) is 5.55. The maximum atomic E-state index is 3.62. The Morgan fingerprint density at radius 1 is 1.05 bits per heavy atom. The summed E-state index contributed by atoms with van der Waals surface area (Å²) in [7, 11) is 0. The Labute approximate surface area is 121 Å². The molecule has 1 aliphatic heterocycles. The van der Waals surface area contributed by atoms with Crippen molar-refractivity contribution < 1.29 is 0 Å². The van der Waals surface area contributed by atoms with Gasteiger partial charge in [-0.05, 0) is 57.2 Å². The summed E-state index contributed by atoms with van der Waals surface area (Å²) in [5.41, 5.74) is 0. The van der Waals surface area contributed by atoms with Gasteiger partial charge in [-0.1, -0.05) is 40.5 Å². The molecule has 1 rings (SSSR count). The first kappa shape index (κ1) is 17.0. The van der Waals surface area contributed by atoms with Crippen molar-refractivity contribution in [1.29, 1.82) is 0 Å². The molecule has 1 fully saturated rings. The molecule has 0 aliphatic carbocycles. The molecule has 0 aromatic rings. The molecule has 0 radical (unpaired) electrons. The van der Waals surface area contributed by atoms with E-state index in [0.29, 0.717) is 0 Å². The molecule has 1 N–H and O–H groups in total. The molecular weight excluding hydrogens is 232 g/mol. The second-order valence-corrected chi connectivity index (χ2v) is 7.38. The highest BCUT2D eigenvalue weighted by atomic mass is 15.2. The fourth-order valence-corrected chi connectivity index (χ4v) is 3.01. The van der Waals surface area contributed by atoms with Crippen LogP contribution in [0, 0.1) is 17.8 Å². The Kier molecular flexibility index (Phi) is 8.01. The molecule has 1 aliphatic rings. The molecule has 19 heavy (non-hydrogen) atoms. The minimum absolute atomic E-state index is 0.771. The smallest absolute Gasteiger partial charge is 0.00670 e. The topological polar surface area (TPSA) is 15.3 Å². The minimum atomic E-state index is 0.771. The van der Waals surface area contributed by atoms with Crippen LogP contribution in [-0.4, -0.2) is 37.1 Å². The summed E-state index contributed by atoms with van der Waals surface area (Å²) < 4.78 is 0. The van der Waals surface area contributed by atoms with Gasteiger partial charge in [0, 0.05) is 12.6 Å². The van der Waals surface area contributed by atoms with Crippen LogP contribution in [0.5, 0.6) is 0 Å². The first-order valence-corrected chi connectivity index (χ1v) is 8.43. The monoisotopic (exact) mass is 268 g/mol. The van der Waals surface area contributed by atoms with Crippen LogP contribution in [0.15, 0.2) is 0 Å². The molecule has 0 saturated carbocycles. The van der Waals surface area contributed by atoms with E-state index in [2.05, 4.69) is 44.8 Å². The average Bonchev–Trinajstić information content (AvgIpc) is 2.76. The largest absolute Gasteiger partial charge is 0.316 e. The van der Waals surface area contributed by atoms with Crippen molar-refractivity contribution in [3.05, 3.63) is 0 Å². The number of hydrogen-bond acceptors (Lipinski definition) is 2. The van der Waals surface area contributed by atoms with Crippen LogP contribution >= 0.6 is 0 Å². The Balaban J connectivity index is 2.12. The van der Waals surface area contributed by atoms with Gasteiger partial charge in [0.05, 0.1) is 0 Å². The van der Waals surface area contributed by atoms with E-state index in [1.807, 2.05) is 0 Å². The van der Waals surface area contributed by atoms with E-state index in [1.165, 1.54) is 51.9 Å². The Morgan fingerprint density at radius 3 is 2.42 bits per heavy atom. The molecule has 0 amide bonds. The van der Waals surface area contributed by atoms with E-state index in [0.717, 1.165) is 23.8 Å². The van der Waals surface area contributed by atoms with Gasteiger partial charge in [0.15, 0.2) is 0 Å². The molecule has 114 valence electrons. The fourth-order valence-electron chi connectivity index (χ4n) is 3.01. The zero-order chi connectivity index (χ0) is 14.3. The van der Waals surface area contributed by atoms with Crippen molar-refractivity contribution in [2.24, 2.45) is 17.8 Å². The molecule has 1 heterocycles. The lowest BCUT2D eigenvalue weighted by Crippen LogP contribution is -2.33. The Morgan fingerprint density at radius 2 is 1.79 bits per heavy atom. The van der Waals surface area contributed by atoms with Gasteiger partial charge >= 0.3 is 0 Å². The quantitative estimate of drug-likeness (QED) is 0.685. The number of likely N-dealkylation sites (tertiary alicyclic amines) is 1. The van der Waals surface area contributed by atoms with E-state index in [-0.39, 0.29) is 0 Å². The van der Waals surface area contributed by atoms with Gasteiger partial charge in [0.2, 0.25) is 0 Å². The first-order chi connectivity index (χ1) is 8.99. The van der Waals surface area contributed by atoms with Crippen molar-refractivity contribution >= 4 is 0 Å². The second kappa shape index (κ2) is 8.97.